The van der Waals surface area contributed by atoms with E-state index in [1.54, 1.807) is 0 Å². The zero-order chi connectivity index (χ0) is 16.1. The minimum Gasteiger partial charge on any atom is -0.381 e. The minimum absolute atomic E-state index is 0.0408. The van der Waals surface area contributed by atoms with E-state index >= 15 is 0 Å². The molecule has 3 atom stereocenters. The molecule has 1 fully saturated rings. The molecular weight excluding hydrogens is 242 g/mol. The van der Waals surface area contributed by atoms with E-state index < -0.39 is 0 Å². The molecule has 20 heavy (non-hydrogen) atoms. The summed E-state index contributed by atoms with van der Waals surface area (Å²) < 4.78 is 6.74. The van der Waals surface area contributed by atoms with Gasteiger partial charge in [0.1, 0.15) is 6.60 Å². The van der Waals surface area contributed by atoms with Gasteiger partial charge in [0.2, 0.25) is 0 Å². The summed E-state index contributed by atoms with van der Waals surface area (Å²) >= 11 is 0. The molecule has 116 valence electrons. The first kappa shape index (κ1) is 18.1. The molecule has 0 spiro atoms. The van der Waals surface area contributed by atoms with Crippen LogP contribution in [0.15, 0.2) is 0 Å². The van der Waals surface area contributed by atoms with E-state index in [1.807, 2.05) is 0 Å². The van der Waals surface area contributed by atoms with Crippen LogP contribution in [0.3, 0.4) is 0 Å². The maximum absolute atomic E-state index is 6.74. The summed E-state index contributed by atoms with van der Waals surface area (Å²) in [5, 5.41) is 0. The van der Waals surface area contributed by atoms with Gasteiger partial charge in [0.15, 0.2) is 0 Å². The summed E-state index contributed by atoms with van der Waals surface area (Å²) in [6.07, 6.45) is 1.51. The van der Waals surface area contributed by atoms with Gasteiger partial charge in [-0.2, -0.15) is 0 Å². The average molecular weight is 278 g/mol. The largest absolute Gasteiger partial charge is 0.381 e. The van der Waals surface area contributed by atoms with Gasteiger partial charge < -0.3 is 4.74 Å². The smallest absolute Gasteiger partial charge is 0.148 e. The second kappa shape index (κ2) is 5.07. The number of rotatable bonds is 1. The maximum Gasteiger partial charge on any atom is 0.148 e. The van der Waals surface area contributed by atoms with E-state index in [0.717, 1.165) is 6.42 Å². The van der Waals surface area contributed by atoms with Gasteiger partial charge in [-0.1, -0.05) is 62.3 Å². The van der Waals surface area contributed by atoms with Crippen molar-refractivity contribution in [3.8, 4) is 0 Å². The first-order valence-electron chi connectivity index (χ1n) is 8.27. The Labute approximate surface area is 129 Å². The molecule has 1 nitrogen and oxygen atoms in total. The Bertz CT molecular complexity index is 345. The van der Waals surface area contributed by atoms with Gasteiger partial charge in [-0.25, -0.2) is 0 Å². The molecule has 0 aromatic heterocycles. The number of hydrogen-bond acceptors (Lipinski definition) is 1. The number of hydrogen-bond donors (Lipinski definition) is 0. The molecule has 1 heterocycles. The van der Waals surface area contributed by atoms with Crippen LogP contribution < -0.4 is 0 Å². The summed E-state index contributed by atoms with van der Waals surface area (Å²) in [4.78, 5) is 0. The molecule has 3 unspecified atom stereocenters. The van der Waals surface area contributed by atoms with Crippen LogP contribution in [0.4, 0.5) is 0 Å². The molecule has 0 aromatic rings. The fourth-order valence-corrected chi connectivity index (χ4v) is 4.10. The monoisotopic (exact) mass is 278 g/mol. The number of ether oxygens (including phenoxy) is 1. The Morgan fingerprint density at radius 1 is 1.00 bits per heavy atom. The third-order valence-corrected chi connectivity index (χ3v) is 5.51. The van der Waals surface area contributed by atoms with E-state index in [9.17, 15) is 0 Å². The SMILES string of the molecule is BB1C(C(C)(C)C)C(CC(C)(C)C)OC1(C)C(C)(C)C. The van der Waals surface area contributed by atoms with Crippen molar-refractivity contribution in [2.75, 3.05) is 0 Å². The lowest BCUT2D eigenvalue weighted by Gasteiger charge is -2.42. The van der Waals surface area contributed by atoms with Crippen molar-refractivity contribution in [2.24, 2.45) is 16.2 Å². The van der Waals surface area contributed by atoms with E-state index in [0.29, 0.717) is 29.4 Å². The summed E-state index contributed by atoms with van der Waals surface area (Å²) in [5.74, 6) is 0.617. The first-order chi connectivity index (χ1) is 8.59. The zero-order valence-electron chi connectivity index (χ0n) is 15.8. The highest BCUT2D eigenvalue weighted by atomic mass is 16.5. The van der Waals surface area contributed by atoms with E-state index in [4.69, 9.17) is 4.74 Å². The van der Waals surface area contributed by atoms with E-state index in [2.05, 4.69) is 77.0 Å². The van der Waals surface area contributed by atoms with Gasteiger partial charge in [-0.05, 0) is 35.4 Å². The van der Waals surface area contributed by atoms with Gasteiger partial charge in [0.05, 0.1) is 13.8 Å². The highest BCUT2D eigenvalue weighted by molar-refractivity contribution is 7.06. The lowest BCUT2D eigenvalue weighted by atomic mass is 9.15. The highest BCUT2D eigenvalue weighted by Crippen LogP contribution is 2.54. The minimum atomic E-state index is -0.0408. The van der Waals surface area contributed by atoms with Crippen LogP contribution in [0.1, 0.15) is 75.7 Å². The Balaban J connectivity index is 3.18. The molecule has 1 aliphatic heterocycles. The van der Waals surface area contributed by atoms with Crippen molar-refractivity contribution in [1.29, 1.82) is 0 Å². The molecule has 0 N–H and O–H groups in total. The lowest BCUT2D eigenvalue weighted by molar-refractivity contribution is -0.0849. The topological polar surface area (TPSA) is 9.23 Å². The van der Waals surface area contributed by atoms with Gasteiger partial charge in [-0.15, -0.1) is 0 Å². The second-order valence-corrected chi connectivity index (χ2v) is 10.5. The average Bonchev–Trinajstić information content (AvgIpc) is 2.33. The zero-order valence-corrected chi connectivity index (χ0v) is 15.8. The third kappa shape index (κ3) is 3.46. The molecule has 1 rings (SSSR count). The molecule has 0 saturated carbocycles. The van der Waals surface area contributed by atoms with Crippen LogP contribution in [0.2, 0.25) is 5.82 Å². The van der Waals surface area contributed by atoms with Gasteiger partial charge >= 0.3 is 0 Å². The molecule has 1 aliphatic rings. The third-order valence-electron chi connectivity index (χ3n) is 5.51. The fourth-order valence-electron chi connectivity index (χ4n) is 4.10. The van der Waals surface area contributed by atoms with Gasteiger partial charge in [0, 0.05) is 5.50 Å². The van der Waals surface area contributed by atoms with Crippen molar-refractivity contribution in [1.82, 2.24) is 0 Å². The molecule has 0 aromatic carbocycles. The predicted octanol–water partition coefficient (Wildman–Crippen LogP) is 4.21. The lowest BCUT2D eigenvalue weighted by Crippen LogP contribution is -2.53. The standard InChI is InChI=1S/C17H36B2O/c1-14(2,3)11-12-13(15(4,5)6)19(18)17(10,20-12)16(7,8)9/h12-13H,11,18H2,1-10H3. The van der Waals surface area contributed by atoms with Gasteiger partial charge in [-0.3, -0.25) is 0 Å². The molecule has 1 saturated heterocycles. The molecule has 3 heteroatoms. The Morgan fingerprint density at radius 3 is 1.75 bits per heavy atom. The second-order valence-electron chi connectivity index (χ2n) is 10.5. The van der Waals surface area contributed by atoms with Crippen molar-refractivity contribution in [2.45, 2.75) is 93.1 Å². The maximum atomic E-state index is 6.74. The normalized spacial score (nSPS) is 32.8. The Kier molecular flexibility index (Phi) is 4.60. The van der Waals surface area contributed by atoms with Crippen molar-refractivity contribution < 1.29 is 4.74 Å². The van der Waals surface area contributed by atoms with E-state index in [1.165, 1.54) is 0 Å². The molecule has 0 bridgehead atoms. The van der Waals surface area contributed by atoms with Crippen LogP contribution in [-0.4, -0.2) is 25.9 Å². The Hall–Kier alpha value is 0.0899. The first-order valence-corrected chi connectivity index (χ1v) is 8.27. The summed E-state index contributed by atoms with van der Waals surface area (Å²) in [5.41, 5.74) is 0.735. The van der Waals surface area contributed by atoms with Crippen LogP contribution in [0.5, 0.6) is 0 Å². The molecule has 0 aliphatic carbocycles. The molecule has 0 radical (unpaired) electrons. The molecular formula is C17H36B2O. The van der Waals surface area contributed by atoms with Crippen molar-refractivity contribution in [3.63, 3.8) is 0 Å². The fraction of sp³-hybridized carbons (Fsp3) is 1.00. The highest BCUT2D eigenvalue weighted by Gasteiger charge is 2.59. The summed E-state index contributed by atoms with van der Waals surface area (Å²) in [6, 6.07) is 0. The quantitative estimate of drug-likeness (QED) is 0.653. The van der Waals surface area contributed by atoms with E-state index in [-0.39, 0.29) is 10.9 Å². The van der Waals surface area contributed by atoms with Crippen LogP contribution in [-0.2, 0) is 4.74 Å². The van der Waals surface area contributed by atoms with Crippen molar-refractivity contribution in [3.05, 3.63) is 0 Å². The van der Waals surface area contributed by atoms with Crippen LogP contribution in [0, 0.1) is 16.2 Å². The van der Waals surface area contributed by atoms with Gasteiger partial charge in [0.25, 0.3) is 0 Å². The molecule has 0 amide bonds. The summed E-state index contributed by atoms with van der Waals surface area (Å²) in [7, 11) is 2.41. The van der Waals surface area contributed by atoms with Crippen LogP contribution >= 0.6 is 0 Å². The van der Waals surface area contributed by atoms with Crippen LogP contribution in [0.25, 0.3) is 0 Å². The summed E-state index contributed by atoms with van der Waals surface area (Å²) in [6.45, 7) is 24.0. The van der Waals surface area contributed by atoms with Crippen molar-refractivity contribution >= 4 is 14.3 Å². The predicted molar refractivity (Wildman–Crippen MR) is 94.3 cm³/mol. The Morgan fingerprint density at radius 2 is 1.45 bits per heavy atom.